The number of anilines is 1. The first-order valence-electron chi connectivity index (χ1n) is 5.89. The van der Waals surface area contributed by atoms with Gasteiger partial charge in [0.15, 0.2) is 5.82 Å². The van der Waals surface area contributed by atoms with Crippen molar-refractivity contribution in [3.05, 3.63) is 41.0 Å². The lowest BCUT2D eigenvalue weighted by Gasteiger charge is -2.03. The van der Waals surface area contributed by atoms with E-state index in [4.69, 9.17) is 4.52 Å². The van der Waals surface area contributed by atoms with E-state index < -0.39 is 0 Å². The standard InChI is InChI=1S/C13H16FN3O/c1-8(2)12-16-13(18-17-12)15-7-10-4-5-11(14)9(3)6-10/h4-6,8H,7H2,1-3H3,(H,15,16,17). The summed E-state index contributed by atoms with van der Waals surface area (Å²) in [4.78, 5) is 4.20. The van der Waals surface area contributed by atoms with Gasteiger partial charge in [0, 0.05) is 12.5 Å². The van der Waals surface area contributed by atoms with Crippen LogP contribution in [0, 0.1) is 12.7 Å². The van der Waals surface area contributed by atoms with Crippen LogP contribution in [0.3, 0.4) is 0 Å². The third-order valence-corrected chi connectivity index (χ3v) is 2.62. The van der Waals surface area contributed by atoms with Crippen LogP contribution in [0.2, 0.25) is 0 Å². The van der Waals surface area contributed by atoms with Gasteiger partial charge in [0.2, 0.25) is 0 Å². The summed E-state index contributed by atoms with van der Waals surface area (Å²) in [5.74, 6) is 0.712. The summed E-state index contributed by atoms with van der Waals surface area (Å²) < 4.78 is 18.1. The average Bonchev–Trinajstić information content (AvgIpc) is 2.79. The summed E-state index contributed by atoms with van der Waals surface area (Å²) >= 11 is 0. The summed E-state index contributed by atoms with van der Waals surface area (Å²) in [5, 5.41) is 6.87. The summed E-state index contributed by atoms with van der Waals surface area (Å²) in [6.45, 7) is 6.26. The van der Waals surface area contributed by atoms with Crippen LogP contribution >= 0.6 is 0 Å². The second kappa shape index (κ2) is 5.16. The van der Waals surface area contributed by atoms with E-state index in [0.29, 0.717) is 23.9 Å². The fraction of sp³-hybridized carbons (Fsp3) is 0.385. The van der Waals surface area contributed by atoms with Gasteiger partial charge in [-0.05, 0) is 24.1 Å². The first-order valence-corrected chi connectivity index (χ1v) is 5.89. The number of aromatic nitrogens is 2. The fourth-order valence-corrected chi connectivity index (χ4v) is 1.54. The fourth-order valence-electron chi connectivity index (χ4n) is 1.54. The highest BCUT2D eigenvalue weighted by Crippen LogP contribution is 2.14. The zero-order valence-electron chi connectivity index (χ0n) is 10.7. The molecule has 0 saturated carbocycles. The summed E-state index contributed by atoms with van der Waals surface area (Å²) in [5.41, 5.74) is 1.60. The summed E-state index contributed by atoms with van der Waals surface area (Å²) in [6.07, 6.45) is 0. The molecule has 0 aliphatic rings. The molecule has 1 aromatic carbocycles. The zero-order chi connectivity index (χ0) is 13.1. The Hall–Kier alpha value is -1.91. The molecule has 0 saturated heterocycles. The molecule has 0 aliphatic carbocycles. The van der Waals surface area contributed by atoms with Gasteiger partial charge in [-0.3, -0.25) is 0 Å². The molecule has 0 unspecified atom stereocenters. The molecular weight excluding hydrogens is 233 g/mol. The Kier molecular flexibility index (Phi) is 3.60. The maximum absolute atomic E-state index is 13.1. The van der Waals surface area contributed by atoms with E-state index in [1.807, 2.05) is 13.8 Å². The van der Waals surface area contributed by atoms with Crippen LogP contribution in [0.1, 0.15) is 36.7 Å². The Labute approximate surface area is 105 Å². The molecule has 0 aliphatic heterocycles. The number of nitrogens with one attached hydrogen (secondary N) is 1. The maximum atomic E-state index is 13.1. The molecule has 18 heavy (non-hydrogen) atoms. The van der Waals surface area contributed by atoms with Crippen LogP contribution in [-0.4, -0.2) is 10.1 Å². The van der Waals surface area contributed by atoms with E-state index in [2.05, 4.69) is 15.5 Å². The van der Waals surface area contributed by atoms with E-state index in [9.17, 15) is 4.39 Å². The molecule has 5 heteroatoms. The van der Waals surface area contributed by atoms with Gasteiger partial charge in [-0.25, -0.2) is 4.39 Å². The van der Waals surface area contributed by atoms with E-state index in [1.54, 1.807) is 19.1 Å². The third kappa shape index (κ3) is 2.85. The second-order valence-electron chi connectivity index (χ2n) is 4.55. The minimum Gasteiger partial charge on any atom is -0.334 e. The molecule has 0 fully saturated rings. The zero-order valence-corrected chi connectivity index (χ0v) is 10.7. The topological polar surface area (TPSA) is 51.0 Å². The van der Waals surface area contributed by atoms with Crippen molar-refractivity contribution >= 4 is 6.01 Å². The van der Waals surface area contributed by atoms with E-state index in [0.717, 1.165) is 5.56 Å². The third-order valence-electron chi connectivity index (χ3n) is 2.62. The number of aryl methyl sites for hydroxylation is 1. The molecule has 4 nitrogen and oxygen atoms in total. The quantitative estimate of drug-likeness (QED) is 0.903. The van der Waals surface area contributed by atoms with Gasteiger partial charge < -0.3 is 9.84 Å². The highest BCUT2D eigenvalue weighted by Gasteiger charge is 2.09. The van der Waals surface area contributed by atoms with Gasteiger partial charge in [0.1, 0.15) is 5.82 Å². The van der Waals surface area contributed by atoms with Crippen molar-refractivity contribution in [2.75, 3.05) is 5.32 Å². The first kappa shape index (κ1) is 12.5. The Morgan fingerprint density at radius 1 is 1.39 bits per heavy atom. The number of benzene rings is 1. The SMILES string of the molecule is Cc1cc(CNc2nc(C(C)C)no2)ccc1F. The highest BCUT2D eigenvalue weighted by molar-refractivity contribution is 5.28. The van der Waals surface area contributed by atoms with Gasteiger partial charge in [0.05, 0.1) is 0 Å². The van der Waals surface area contributed by atoms with E-state index in [1.165, 1.54) is 6.07 Å². The Morgan fingerprint density at radius 2 is 2.17 bits per heavy atom. The van der Waals surface area contributed by atoms with E-state index >= 15 is 0 Å². The minimum atomic E-state index is -0.196. The van der Waals surface area contributed by atoms with Crippen molar-refractivity contribution in [1.29, 1.82) is 0 Å². The number of rotatable bonds is 4. The van der Waals surface area contributed by atoms with Crippen LogP contribution in [-0.2, 0) is 6.54 Å². The van der Waals surface area contributed by atoms with Crippen molar-refractivity contribution < 1.29 is 8.91 Å². The molecule has 2 rings (SSSR count). The van der Waals surface area contributed by atoms with Gasteiger partial charge >= 0.3 is 6.01 Å². The Morgan fingerprint density at radius 3 is 2.78 bits per heavy atom. The molecule has 0 amide bonds. The van der Waals surface area contributed by atoms with Gasteiger partial charge in [-0.1, -0.05) is 31.1 Å². The number of halogens is 1. The molecule has 1 N–H and O–H groups in total. The van der Waals surface area contributed by atoms with E-state index in [-0.39, 0.29) is 11.7 Å². The monoisotopic (exact) mass is 249 g/mol. The minimum absolute atomic E-state index is 0.196. The molecule has 0 spiro atoms. The van der Waals surface area contributed by atoms with Gasteiger partial charge in [-0.2, -0.15) is 4.98 Å². The van der Waals surface area contributed by atoms with Crippen molar-refractivity contribution in [1.82, 2.24) is 10.1 Å². The predicted octanol–water partition coefficient (Wildman–Crippen LogP) is 3.25. The molecule has 0 radical (unpaired) electrons. The molecule has 1 heterocycles. The van der Waals surface area contributed by atoms with Crippen molar-refractivity contribution in [3.63, 3.8) is 0 Å². The van der Waals surface area contributed by atoms with Crippen LogP contribution in [0.4, 0.5) is 10.4 Å². The second-order valence-corrected chi connectivity index (χ2v) is 4.55. The van der Waals surface area contributed by atoms with Crippen LogP contribution in [0.5, 0.6) is 0 Å². The highest BCUT2D eigenvalue weighted by atomic mass is 19.1. The predicted molar refractivity (Wildman–Crippen MR) is 66.9 cm³/mol. The van der Waals surface area contributed by atoms with Gasteiger partial charge in [-0.15, -0.1) is 0 Å². The normalized spacial score (nSPS) is 10.9. The average molecular weight is 249 g/mol. The van der Waals surface area contributed by atoms with Crippen LogP contribution in [0.15, 0.2) is 22.7 Å². The summed E-state index contributed by atoms with van der Waals surface area (Å²) in [6, 6.07) is 5.37. The van der Waals surface area contributed by atoms with Gasteiger partial charge in [0.25, 0.3) is 0 Å². The number of nitrogens with zero attached hydrogens (tertiary/aromatic N) is 2. The van der Waals surface area contributed by atoms with Crippen molar-refractivity contribution in [2.24, 2.45) is 0 Å². The van der Waals surface area contributed by atoms with Crippen molar-refractivity contribution in [2.45, 2.75) is 33.2 Å². The Balaban J connectivity index is 2.00. The summed E-state index contributed by atoms with van der Waals surface area (Å²) in [7, 11) is 0. The van der Waals surface area contributed by atoms with Crippen LogP contribution < -0.4 is 5.32 Å². The lowest BCUT2D eigenvalue weighted by molar-refractivity contribution is 0.419. The molecule has 0 bridgehead atoms. The lowest BCUT2D eigenvalue weighted by atomic mass is 10.1. The first-order chi connectivity index (χ1) is 8.56. The van der Waals surface area contributed by atoms with Crippen LogP contribution in [0.25, 0.3) is 0 Å². The molecule has 96 valence electrons. The lowest BCUT2D eigenvalue weighted by Crippen LogP contribution is -2.01. The molecule has 0 atom stereocenters. The molecular formula is C13H16FN3O. The molecule has 2 aromatic rings. The molecule has 1 aromatic heterocycles. The Bertz CT molecular complexity index is 537. The number of hydrogen-bond acceptors (Lipinski definition) is 4. The van der Waals surface area contributed by atoms with Crippen molar-refractivity contribution in [3.8, 4) is 0 Å². The largest absolute Gasteiger partial charge is 0.334 e. The smallest absolute Gasteiger partial charge is 0.321 e. The number of hydrogen-bond donors (Lipinski definition) is 1. The maximum Gasteiger partial charge on any atom is 0.321 e.